The van der Waals surface area contributed by atoms with Crippen molar-refractivity contribution in [1.82, 2.24) is 9.55 Å². The Morgan fingerprint density at radius 1 is 1.39 bits per heavy atom. The highest BCUT2D eigenvalue weighted by molar-refractivity contribution is 7.18. The lowest BCUT2D eigenvalue weighted by molar-refractivity contribution is -0.671. The number of benzene rings is 1. The van der Waals surface area contributed by atoms with Crippen LogP contribution in [0.3, 0.4) is 0 Å². The van der Waals surface area contributed by atoms with Crippen molar-refractivity contribution in [3.63, 3.8) is 0 Å². The van der Waals surface area contributed by atoms with Crippen LogP contribution in [0.4, 0.5) is 0 Å². The Bertz CT molecular complexity index is 681. The molecule has 0 saturated heterocycles. The van der Waals surface area contributed by atoms with Crippen LogP contribution in [0.15, 0.2) is 36.9 Å². The molecule has 1 aromatic carbocycles. The van der Waals surface area contributed by atoms with Gasteiger partial charge in [-0.3, -0.25) is 0 Å². The summed E-state index contributed by atoms with van der Waals surface area (Å²) < 4.78 is 5.57. The van der Waals surface area contributed by atoms with Crippen molar-refractivity contribution in [2.45, 2.75) is 19.9 Å². The molecule has 3 nitrogen and oxygen atoms in total. The van der Waals surface area contributed by atoms with Crippen molar-refractivity contribution in [2.75, 3.05) is 0 Å². The lowest BCUT2D eigenvalue weighted by atomic mass is 10.1. The summed E-state index contributed by atoms with van der Waals surface area (Å²) >= 11 is 1.77. The highest BCUT2D eigenvalue weighted by atomic mass is 32.1. The zero-order valence-electron chi connectivity index (χ0n) is 10.6. The van der Waals surface area contributed by atoms with Crippen LogP contribution in [-0.2, 0) is 20.0 Å². The summed E-state index contributed by atoms with van der Waals surface area (Å²) in [6.07, 6.45) is 7.34. The smallest absolute Gasteiger partial charge is 0.242 e. The summed E-state index contributed by atoms with van der Waals surface area (Å²) in [4.78, 5) is 4.49. The van der Waals surface area contributed by atoms with E-state index >= 15 is 0 Å². The summed E-state index contributed by atoms with van der Waals surface area (Å²) in [6.45, 7) is 3.08. The number of imidazole rings is 1. The van der Waals surface area contributed by atoms with E-state index < -0.39 is 0 Å². The van der Waals surface area contributed by atoms with Crippen molar-refractivity contribution in [1.29, 1.82) is 0 Å². The van der Waals surface area contributed by atoms with E-state index in [1.165, 1.54) is 10.3 Å². The molecule has 0 spiro atoms. The predicted octanol–water partition coefficient (Wildman–Crippen LogP) is 2.47. The molecular weight excluding hydrogens is 242 g/mol. The number of thiazole rings is 1. The van der Waals surface area contributed by atoms with Crippen LogP contribution in [0, 0.1) is 6.92 Å². The molecule has 3 aromatic rings. The maximum absolute atomic E-state index is 4.49. The standard InChI is InChI=1S/C14H16N3S/c1-11-15-13-4-3-12(9-14(13)18-11)5-6-17-8-7-16(2)10-17/h3-4,7-10H,5-6H2,1-2H3/q+1. The monoisotopic (exact) mass is 258 g/mol. The molecular formula is C14H16N3S+. The second-order valence-corrected chi connectivity index (χ2v) is 5.84. The van der Waals surface area contributed by atoms with Crippen LogP contribution in [0.25, 0.3) is 10.2 Å². The summed E-state index contributed by atoms with van der Waals surface area (Å²) in [6, 6.07) is 6.58. The molecule has 92 valence electrons. The topological polar surface area (TPSA) is 21.7 Å². The van der Waals surface area contributed by atoms with Crippen LogP contribution in [0.5, 0.6) is 0 Å². The van der Waals surface area contributed by atoms with E-state index in [9.17, 15) is 0 Å². The first-order valence-corrected chi connectivity index (χ1v) is 6.89. The number of fused-ring (bicyclic) bond motifs is 1. The van der Waals surface area contributed by atoms with Crippen molar-refractivity contribution in [3.8, 4) is 0 Å². The maximum Gasteiger partial charge on any atom is 0.243 e. The van der Waals surface area contributed by atoms with Gasteiger partial charge in [-0.05, 0) is 24.6 Å². The van der Waals surface area contributed by atoms with E-state index in [1.54, 1.807) is 11.3 Å². The average Bonchev–Trinajstić information content (AvgIpc) is 2.90. The van der Waals surface area contributed by atoms with Crippen molar-refractivity contribution >= 4 is 21.6 Å². The number of hydrogen-bond donors (Lipinski definition) is 0. The van der Waals surface area contributed by atoms with Gasteiger partial charge in [0.15, 0.2) is 0 Å². The largest absolute Gasteiger partial charge is 0.243 e. The zero-order chi connectivity index (χ0) is 12.5. The van der Waals surface area contributed by atoms with E-state index in [-0.39, 0.29) is 0 Å². The average molecular weight is 258 g/mol. The normalized spacial score (nSPS) is 11.2. The molecule has 0 unspecified atom stereocenters. The lowest BCUT2D eigenvalue weighted by Gasteiger charge is -1.99. The molecule has 2 heterocycles. The maximum atomic E-state index is 4.49. The third-order valence-electron chi connectivity index (χ3n) is 3.04. The van der Waals surface area contributed by atoms with Crippen molar-refractivity contribution < 1.29 is 4.57 Å². The molecule has 3 rings (SSSR count). The third kappa shape index (κ3) is 2.29. The van der Waals surface area contributed by atoms with E-state index in [4.69, 9.17) is 0 Å². The molecule has 0 aliphatic rings. The van der Waals surface area contributed by atoms with Gasteiger partial charge in [-0.1, -0.05) is 6.07 Å². The SMILES string of the molecule is Cc1nc2ccc(CCn3cc[n+](C)c3)cc2s1. The van der Waals surface area contributed by atoms with Gasteiger partial charge in [0, 0.05) is 6.42 Å². The van der Waals surface area contributed by atoms with E-state index in [1.807, 2.05) is 7.05 Å². The predicted molar refractivity (Wildman–Crippen MR) is 73.7 cm³/mol. The Kier molecular flexibility index (Phi) is 2.88. The molecule has 0 radical (unpaired) electrons. The van der Waals surface area contributed by atoms with Gasteiger partial charge in [-0.15, -0.1) is 11.3 Å². The molecule has 0 amide bonds. The quantitative estimate of drug-likeness (QED) is 0.661. The highest BCUT2D eigenvalue weighted by Crippen LogP contribution is 2.22. The molecule has 0 saturated carbocycles. The molecule has 0 N–H and O–H groups in total. The van der Waals surface area contributed by atoms with Gasteiger partial charge in [0.2, 0.25) is 6.33 Å². The van der Waals surface area contributed by atoms with Crippen molar-refractivity contribution in [3.05, 3.63) is 47.5 Å². The zero-order valence-corrected chi connectivity index (χ0v) is 11.4. The fourth-order valence-electron chi connectivity index (χ4n) is 2.13. The number of aromatic nitrogens is 3. The Labute approximate surface area is 110 Å². The number of hydrogen-bond acceptors (Lipinski definition) is 2. The van der Waals surface area contributed by atoms with Crippen molar-refractivity contribution in [2.24, 2.45) is 7.05 Å². The Morgan fingerprint density at radius 3 is 3.06 bits per heavy atom. The number of aryl methyl sites for hydroxylation is 4. The minimum Gasteiger partial charge on any atom is -0.242 e. The van der Waals surface area contributed by atoms with E-state index in [0.29, 0.717) is 0 Å². The molecule has 0 atom stereocenters. The molecule has 0 bridgehead atoms. The third-order valence-corrected chi connectivity index (χ3v) is 3.98. The van der Waals surface area contributed by atoms with Gasteiger partial charge in [-0.2, -0.15) is 0 Å². The molecule has 4 heteroatoms. The molecule has 0 aliphatic heterocycles. The lowest BCUT2D eigenvalue weighted by Crippen LogP contribution is -2.23. The molecule has 2 aromatic heterocycles. The van der Waals surface area contributed by atoms with Crippen LogP contribution >= 0.6 is 11.3 Å². The second-order valence-electron chi connectivity index (χ2n) is 4.60. The van der Waals surface area contributed by atoms with Gasteiger partial charge >= 0.3 is 0 Å². The van der Waals surface area contributed by atoms with Gasteiger partial charge in [0.25, 0.3) is 0 Å². The first-order valence-electron chi connectivity index (χ1n) is 6.08. The summed E-state index contributed by atoms with van der Waals surface area (Å²) in [7, 11) is 2.04. The second kappa shape index (κ2) is 4.53. The molecule has 0 aliphatic carbocycles. The first-order chi connectivity index (χ1) is 8.70. The van der Waals surface area contributed by atoms with Crippen LogP contribution < -0.4 is 4.57 Å². The Hall–Kier alpha value is -1.68. The van der Waals surface area contributed by atoms with E-state index in [0.717, 1.165) is 23.5 Å². The first kappa shape index (κ1) is 11.4. The van der Waals surface area contributed by atoms with Crippen LogP contribution in [0.1, 0.15) is 10.6 Å². The highest BCUT2D eigenvalue weighted by Gasteiger charge is 2.04. The van der Waals surface area contributed by atoms with Crippen LogP contribution in [0.2, 0.25) is 0 Å². The minimum absolute atomic E-state index is 1.02. The summed E-state index contributed by atoms with van der Waals surface area (Å²) in [5.41, 5.74) is 2.50. The Balaban J connectivity index is 1.78. The summed E-state index contributed by atoms with van der Waals surface area (Å²) in [5, 5.41) is 1.14. The number of rotatable bonds is 3. The fourth-order valence-corrected chi connectivity index (χ4v) is 3.02. The van der Waals surface area contributed by atoms with Gasteiger partial charge in [0.05, 0.1) is 28.8 Å². The van der Waals surface area contributed by atoms with Gasteiger partial charge in [0.1, 0.15) is 12.4 Å². The minimum atomic E-state index is 1.02. The Morgan fingerprint density at radius 2 is 2.28 bits per heavy atom. The molecule has 18 heavy (non-hydrogen) atoms. The van der Waals surface area contributed by atoms with Crippen LogP contribution in [-0.4, -0.2) is 9.55 Å². The van der Waals surface area contributed by atoms with Gasteiger partial charge in [-0.25, -0.2) is 14.1 Å². The summed E-state index contributed by atoms with van der Waals surface area (Å²) in [5.74, 6) is 0. The fraction of sp³-hybridized carbons (Fsp3) is 0.286. The van der Waals surface area contributed by atoms with Gasteiger partial charge < -0.3 is 0 Å². The molecule has 0 fully saturated rings. The van der Waals surface area contributed by atoms with E-state index in [2.05, 4.69) is 58.0 Å². The number of nitrogens with zero attached hydrogens (tertiary/aromatic N) is 3.